The second-order valence-electron chi connectivity index (χ2n) is 4.45. The van der Waals surface area contributed by atoms with Gasteiger partial charge in [-0.05, 0) is 32.1 Å². The summed E-state index contributed by atoms with van der Waals surface area (Å²) in [7, 11) is 0. The zero-order chi connectivity index (χ0) is 15.7. The van der Waals surface area contributed by atoms with E-state index in [9.17, 15) is 0 Å². The molecule has 4 heteroatoms. The van der Waals surface area contributed by atoms with Gasteiger partial charge in [0, 0.05) is 29.7 Å². The zero-order valence-corrected chi connectivity index (χ0v) is 12.4. The number of rotatable bonds is 5. The molecular weight excluding hydrogens is 260 g/mol. The van der Waals surface area contributed by atoms with Crippen molar-refractivity contribution in [1.82, 2.24) is 4.90 Å². The molecule has 0 saturated carbocycles. The first-order valence-electron chi connectivity index (χ1n) is 6.60. The Labute approximate surface area is 126 Å². The van der Waals surface area contributed by atoms with Gasteiger partial charge in [-0.25, -0.2) is 0 Å². The average molecular weight is 278 g/mol. The quantitative estimate of drug-likeness (QED) is 0.440. The molecule has 0 fully saturated rings. The summed E-state index contributed by atoms with van der Waals surface area (Å²) in [6.45, 7) is 8.93. The van der Waals surface area contributed by atoms with E-state index in [0.717, 1.165) is 17.9 Å². The Bertz CT molecular complexity index is 593. The van der Waals surface area contributed by atoms with Crippen LogP contribution >= 0.6 is 0 Å². The normalized spacial score (nSPS) is 14.7. The lowest BCUT2D eigenvalue weighted by molar-refractivity contribution is 0.434. The molecule has 0 radical (unpaired) electrons. The van der Waals surface area contributed by atoms with Gasteiger partial charge >= 0.3 is 0 Å². The van der Waals surface area contributed by atoms with Gasteiger partial charge in [0.15, 0.2) is 0 Å². The largest absolute Gasteiger partial charge is 0.347 e. The van der Waals surface area contributed by atoms with Gasteiger partial charge < -0.3 is 4.90 Å². The molecule has 1 heterocycles. The van der Waals surface area contributed by atoms with E-state index >= 15 is 0 Å². The van der Waals surface area contributed by atoms with Crippen LogP contribution in [0.25, 0.3) is 0 Å². The maximum Gasteiger partial charge on any atom is 0.137 e. The van der Waals surface area contributed by atoms with Crippen molar-refractivity contribution < 1.29 is 0 Å². The van der Waals surface area contributed by atoms with Crippen molar-refractivity contribution in [1.29, 1.82) is 10.5 Å². The van der Waals surface area contributed by atoms with E-state index in [0.29, 0.717) is 12.1 Å². The highest BCUT2D eigenvalue weighted by Crippen LogP contribution is 2.23. The molecule has 0 spiro atoms. The van der Waals surface area contributed by atoms with Crippen LogP contribution in [-0.2, 0) is 0 Å². The van der Waals surface area contributed by atoms with E-state index in [4.69, 9.17) is 10.5 Å². The predicted octanol–water partition coefficient (Wildman–Crippen LogP) is 3.27. The number of hydrogen-bond acceptors (Lipinski definition) is 4. The van der Waals surface area contributed by atoms with Crippen molar-refractivity contribution in [2.24, 2.45) is 4.99 Å². The molecular formula is C17H18N4. The highest BCUT2D eigenvalue weighted by Gasteiger charge is 2.14. The van der Waals surface area contributed by atoms with E-state index in [1.54, 1.807) is 12.3 Å². The molecule has 1 rings (SSSR count). The van der Waals surface area contributed by atoms with Crippen molar-refractivity contribution in [3.63, 3.8) is 0 Å². The van der Waals surface area contributed by atoms with Crippen LogP contribution in [0.4, 0.5) is 0 Å². The molecule has 0 unspecified atom stereocenters. The highest BCUT2D eigenvalue weighted by atomic mass is 15.2. The Balaban J connectivity index is 2.77. The summed E-state index contributed by atoms with van der Waals surface area (Å²) in [6, 6.07) is 3.84. The summed E-state index contributed by atoms with van der Waals surface area (Å²) >= 11 is 0. The molecule has 1 aliphatic rings. The molecule has 1 aliphatic heterocycles. The number of allylic oxidation sites excluding steroid dienone is 9. The molecule has 0 aromatic rings. The SMILES string of the molecule is C=C/C=C\C=NCCN1C(C)=CC(=C(C#N)C#N)C=C1C. The van der Waals surface area contributed by atoms with Crippen LogP contribution in [0.15, 0.2) is 64.5 Å². The van der Waals surface area contributed by atoms with Gasteiger partial charge in [0.2, 0.25) is 0 Å². The van der Waals surface area contributed by atoms with Gasteiger partial charge in [-0.15, -0.1) is 0 Å². The monoisotopic (exact) mass is 278 g/mol. The summed E-state index contributed by atoms with van der Waals surface area (Å²) in [4.78, 5) is 6.40. The molecule has 0 N–H and O–H groups in total. The van der Waals surface area contributed by atoms with Crippen LogP contribution in [0.1, 0.15) is 13.8 Å². The molecule has 0 aromatic carbocycles. The Morgan fingerprint density at radius 1 is 1.24 bits per heavy atom. The fourth-order valence-corrected chi connectivity index (χ4v) is 2.00. The minimum atomic E-state index is 0.140. The summed E-state index contributed by atoms with van der Waals surface area (Å²) in [5.74, 6) is 0. The standard InChI is InChI=1S/C17H18N4/c1-4-5-6-7-20-8-9-21-14(2)10-16(11-15(21)3)17(12-18)13-19/h4-7,10-11H,1,8-9H2,2-3H3/b6-5-,20-7?. The fraction of sp³-hybridized carbons (Fsp3) is 0.235. The topological polar surface area (TPSA) is 63.2 Å². The smallest absolute Gasteiger partial charge is 0.137 e. The first-order valence-corrected chi connectivity index (χ1v) is 6.60. The summed E-state index contributed by atoms with van der Waals surface area (Å²) in [6.07, 6.45) is 10.8. The van der Waals surface area contributed by atoms with Crippen LogP contribution < -0.4 is 0 Å². The van der Waals surface area contributed by atoms with Crippen molar-refractivity contribution in [3.05, 3.63) is 59.5 Å². The Morgan fingerprint density at radius 3 is 2.38 bits per heavy atom. The second kappa shape index (κ2) is 8.35. The fourth-order valence-electron chi connectivity index (χ4n) is 2.00. The number of nitriles is 2. The van der Waals surface area contributed by atoms with E-state index in [1.807, 2.05) is 50.3 Å². The second-order valence-corrected chi connectivity index (χ2v) is 4.45. The first-order chi connectivity index (χ1) is 10.1. The van der Waals surface area contributed by atoms with Crippen LogP contribution in [-0.4, -0.2) is 24.2 Å². The first kappa shape index (κ1) is 16.2. The van der Waals surface area contributed by atoms with E-state index < -0.39 is 0 Å². The zero-order valence-electron chi connectivity index (χ0n) is 12.4. The average Bonchev–Trinajstić information content (AvgIpc) is 2.46. The van der Waals surface area contributed by atoms with Crippen molar-refractivity contribution in [3.8, 4) is 12.1 Å². The lowest BCUT2D eigenvalue weighted by Gasteiger charge is -2.29. The molecule has 106 valence electrons. The van der Waals surface area contributed by atoms with Gasteiger partial charge in [-0.3, -0.25) is 4.99 Å². The minimum Gasteiger partial charge on any atom is -0.347 e. The van der Waals surface area contributed by atoms with Gasteiger partial charge in [0.05, 0.1) is 6.54 Å². The molecule has 0 bridgehead atoms. The summed E-state index contributed by atoms with van der Waals surface area (Å²) in [5.41, 5.74) is 2.82. The molecule has 0 amide bonds. The Morgan fingerprint density at radius 2 is 1.86 bits per heavy atom. The molecule has 0 aromatic heterocycles. The van der Waals surface area contributed by atoms with E-state index in [-0.39, 0.29) is 5.57 Å². The third-order valence-electron chi connectivity index (χ3n) is 2.98. The summed E-state index contributed by atoms with van der Waals surface area (Å²) < 4.78 is 0. The molecule has 0 saturated heterocycles. The lowest BCUT2D eigenvalue weighted by Crippen LogP contribution is -2.25. The van der Waals surface area contributed by atoms with Crippen molar-refractivity contribution in [2.45, 2.75) is 13.8 Å². The molecule has 4 nitrogen and oxygen atoms in total. The van der Waals surface area contributed by atoms with Crippen LogP contribution in [0.3, 0.4) is 0 Å². The Kier molecular flexibility index (Phi) is 6.44. The van der Waals surface area contributed by atoms with Gasteiger partial charge in [0.1, 0.15) is 17.7 Å². The van der Waals surface area contributed by atoms with E-state index in [2.05, 4.69) is 16.5 Å². The van der Waals surface area contributed by atoms with Gasteiger partial charge in [-0.1, -0.05) is 18.7 Å². The van der Waals surface area contributed by atoms with Crippen LogP contribution in [0.5, 0.6) is 0 Å². The molecule has 0 aliphatic carbocycles. The number of nitrogens with zero attached hydrogens (tertiary/aromatic N) is 4. The Hall–Kier alpha value is -2.85. The number of hydrogen-bond donors (Lipinski definition) is 0. The molecule has 0 atom stereocenters. The van der Waals surface area contributed by atoms with Crippen LogP contribution in [0.2, 0.25) is 0 Å². The summed E-state index contributed by atoms with van der Waals surface area (Å²) in [5, 5.41) is 17.9. The van der Waals surface area contributed by atoms with E-state index in [1.165, 1.54) is 0 Å². The maximum absolute atomic E-state index is 8.93. The maximum atomic E-state index is 8.93. The lowest BCUT2D eigenvalue weighted by atomic mass is 10.0. The predicted molar refractivity (Wildman–Crippen MR) is 85.2 cm³/mol. The minimum absolute atomic E-state index is 0.140. The number of aliphatic imine (C=N–C) groups is 1. The van der Waals surface area contributed by atoms with Crippen LogP contribution in [0, 0.1) is 22.7 Å². The van der Waals surface area contributed by atoms with Gasteiger partial charge in [0.25, 0.3) is 0 Å². The van der Waals surface area contributed by atoms with Gasteiger partial charge in [-0.2, -0.15) is 10.5 Å². The third-order valence-corrected chi connectivity index (χ3v) is 2.98. The highest BCUT2D eigenvalue weighted by molar-refractivity contribution is 5.71. The van der Waals surface area contributed by atoms with Crippen molar-refractivity contribution >= 4 is 6.21 Å². The third kappa shape index (κ3) is 4.63. The van der Waals surface area contributed by atoms with Crippen molar-refractivity contribution in [2.75, 3.05) is 13.1 Å². The molecule has 21 heavy (non-hydrogen) atoms.